The van der Waals surface area contributed by atoms with Crippen LogP contribution < -0.4 is 5.32 Å². The Morgan fingerprint density at radius 2 is 1.95 bits per heavy atom. The quantitative estimate of drug-likeness (QED) is 0.849. The van der Waals surface area contributed by atoms with Gasteiger partial charge < -0.3 is 10.4 Å². The normalized spacial score (nSPS) is 12.3. The Morgan fingerprint density at radius 3 is 2.42 bits per heavy atom. The van der Waals surface area contributed by atoms with Crippen molar-refractivity contribution in [1.29, 1.82) is 0 Å². The van der Waals surface area contributed by atoms with Crippen molar-refractivity contribution in [2.75, 3.05) is 6.54 Å². The lowest BCUT2D eigenvalue weighted by Crippen LogP contribution is -2.35. The number of carbonyl (C=O) groups is 2. The van der Waals surface area contributed by atoms with Crippen LogP contribution in [-0.4, -0.2) is 28.5 Å². The van der Waals surface area contributed by atoms with Crippen LogP contribution >= 0.6 is 0 Å². The Balaban J connectivity index is 2.72. The van der Waals surface area contributed by atoms with Crippen molar-refractivity contribution in [2.24, 2.45) is 11.8 Å². The maximum atomic E-state index is 12.0. The van der Waals surface area contributed by atoms with Gasteiger partial charge in [-0.15, -0.1) is 0 Å². The molecule has 1 atom stereocenters. The second kappa shape index (κ2) is 6.31. The van der Waals surface area contributed by atoms with Gasteiger partial charge in [0.15, 0.2) is 0 Å². The van der Waals surface area contributed by atoms with E-state index in [0.29, 0.717) is 11.3 Å². The molecule has 0 aliphatic heterocycles. The second-order valence-corrected chi connectivity index (χ2v) is 4.98. The van der Waals surface area contributed by atoms with Crippen molar-refractivity contribution in [3.63, 3.8) is 0 Å². The smallest absolute Gasteiger partial charge is 0.308 e. The number of aryl methyl sites for hydroxylation is 2. The third-order valence-corrected chi connectivity index (χ3v) is 3.07. The molecule has 5 nitrogen and oxygen atoms in total. The number of rotatable bonds is 5. The monoisotopic (exact) mass is 264 g/mol. The van der Waals surface area contributed by atoms with E-state index in [4.69, 9.17) is 5.11 Å². The van der Waals surface area contributed by atoms with E-state index in [9.17, 15) is 9.59 Å². The van der Waals surface area contributed by atoms with Gasteiger partial charge >= 0.3 is 5.97 Å². The Bertz CT molecular complexity index is 484. The number of nitrogens with zero attached hydrogens (tertiary/aromatic N) is 1. The van der Waals surface area contributed by atoms with Gasteiger partial charge in [-0.05, 0) is 31.9 Å². The maximum Gasteiger partial charge on any atom is 0.308 e. The van der Waals surface area contributed by atoms with Gasteiger partial charge in [-0.3, -0.25) is 14.6 Å². The number of amides is 1. The number of pyridine rings is 1. The molecule has 1 aromatic rings. The topological polar surface area (TPSA) is 79.3 Å². The van der Waals surface area contributed by atoms with Crippen LogP contribution in [0.1, 0.15) is 35.6 Å². The van der Waals surface area contributed by atoms with Gasteiger partial charge in [0.2, 0.25) is 0 Å². The maximum absolute atomic E-state index is 12.0. The lowest BCUT2D eigenvalue weighted by atomic mass is 9.96. The molecular weight excluding hydrogens is 244 g/mol. The van der Waals surface area contributed by atoms with Crippen molar-refractivity contribution in [2.45, 2.75) is 27.7 Å². The van der Waals surface area contributed by atoms with E-state index in [0.717, 1.165) is 5.69 Å². The first-order valence-corrected chi connectivity index (χ1v) is 6.28. The summed E-state index contributed by atoms with van der Waals surface area (Å²) >= 11 is 0. The first-order chi connectivity index (χ1) is 8.82. The molecule has 0 aliphatic rings. The highest BCUT2D eigenvalue weighted by molar-refractivity contribution is 5.95. The zero-order valence-electron chi connectivity index (χ0n) is 11.7. The minimum Gasteiger partial charge on any atom is -0.481 e. The molecule has 1 rings (SSSR count). The van der Waals surface area contributed by atoms with Crippen LogP contribution in [0.25, 0.3) is 0 Å². The summed E-state index contributed by atoms with van der Waals surface area (Å²) in [4.78, 5) is 27.2. The molecule has 104 valence electrons. The van der Waals surface area contributed by atoms with E-state index in [1.807, 2.05) is 20.8 Å². The van der Waals surface area contributed by atoms with Crippen LogP contribution in [0.4, 0.5) is 0 Å². The summed E-state index contributed by atoms with van der Waals surface area (Å²) in [6.07, 6.45) is 0. The van der Waals surface area contributed by atoms with Crippen LogP contribution in [0.15, 0.2) is 12.1 Å². The summed E-state index contributed by atoms with van der Waals surface area (Å²) in [6, 6.07) is 3.47. The molecule has 1 unspecified atom stereocenters. The fourth-order valence-corrected chi connectivity index (χ4v) is 1.83. The fourth-order valence-electron chi connectivity index (χ4n) is 1.83. The summed E-state index contributed by atoms with van der Waals surface area (Å²) in [6.45, 7) is 7.39. The predicted octanol–water partition coefficient (Wildman–Crippen LogP) is 1.79. The standard InChI is InChI=1S/C14H20N2O3/c1-8(2)12(14(18)19)7-15-13(17)11-6-5-9(3)16-10(11)4/h5-6,8,12H,7H2,1-4H3,(H,15,17)(H,18,19). The summed E-state index contributed by atoms with van der Waals surface area (Å²) in [5.74, 6) is -1.79. The van der Waals surface area contributed by atoms with E-state index in [-0.39, 0.29) is 18.4 Å². The average Bonchev–Trinajstić information content (AvgIpc) is 2.27. The van der Waals surface area contributed by atoms with Crippen LogP contribution in [0.5, 0.6) is 0 Å². The van der Waals surface area contributed by atoms with Crippen LogP contribution in [0.3, 0.4) is 0 Å². The molecule has 1 amide bonds. The first-order valence-electron chi connectivity index (χ1n) is 6.28. The molecule has 5 heteroatoms. The van der Waals surface area contributed by atoms with Crippen molar-refractivity contribution in [3.8, 4) is 0 Å². The molecule has 19 heavy (non-hydrogen) atoms. The molecule has 0 saturated heterocycles. The summed E-state index contributed by atoms with van der Waals surface area (Å²) in [5, 5.41) is 11.7. The Labute approximate surface area is 113 Å². The second-order valence-electron chi connectivity index (χ2n) is 4.98. The van der Waals surface area contributed by atoms with E-state index >= 15 is 0 Å². The third kappa shape index (κ3) is 4.05. The summed E-state index contributed by atoms with van der Waals surface area (Å²) in [7, 11) is 0. The van der Waals surface area contributed by atoms with Crippen molar-refractivity contribution in [1.82, 2.24) is 10.3 Å². The molecule has 1 heterocycles. The Kier molecular flexibility index (Phi) is 5.03. The lowest BCUT2D eigenvalue weighted by Gasteiger charge is -2.17. The lowest BCUT2D eigenvalue weighted by molar-refractivity contribution is -0.142. The van der Waals surface area contributed by atoms with Gasteiger partial charge in [-0.2, -0.15) is 0 Å². The van der Waals surface area contributed by atoms with Crippen LogP contribution in [0.2, 0.25) is 0 Å². The molecular formula is C14H20N2O3. The van der Waals surface area contributed by atoms with Crippen molar-refractivity contribution in [3.05, 3.63) is 29.1 Å². The first kappa shape index (κ1) is 15.1. The van der Waals surface area contributed by atoms with E-state index in [2.05, 4.69) is 10.3 Å². The SMILES string of the molecule is Cc1ccc(C(=O)NCC(C(=O)O)C(C)C)c(C)n1. The van der Waals surface area contributed by atoms with E-state index in [1.54, 1.807) is 19.1 Å². The minimum atomic E-state index is -0.894. The molecule has 0 aromatic carbocycles. The average molecular weight is 264 g/mol. The molecule has 0 radical (unpaired) electrons. The predicted molar refractivity (Wildman–Crippen MR) is 72.0 cm³/mol. The van der Waals surface area contributed by atoms with Crippen molar-refractivity contribution < 1.29 is 14.7 Å². The number of hydrogen-bond donors (Lipinski definition) is 2. The zero-order valence-corrected chi connectivity index (χ0v) is 11.7. The number of nitrogens with one attached hydrogen (secondary N) is 1. The van der Waals surface area contributed by atoms with Crippen LogP contribution in [-0.2, 0) is 4.79 Å². The third-order valence-electron chi connectivity index (χ3n) is 3.07. The molecule has 0 spiro atoms. The van der Waals surface area contributed by atoms with Gasteiger partial charge in [0.25, 0.3) is 5.91 Å². The van der Waals surface area contributed by atoms with Crippen LogP contribution in [0, 0.1) is 25.7 Å². The summed E-state index contributed by atoms with van der Waals surface area (Å²) in [5.41, 5.74) is 1.98. The fraction of sp³-hybridized carbons (Fsp3) is 0.500. The highest BCUT2D eigenvalue weighted by atomic mass is 16.4. The number of aliphatic carboxylic acids is 1. The molecule has 1 aromatic heterocycles. The molecule has 0 fully saturated rings. The highest BCUT2D eigenvalue weighted by Gasteiger charge is 2.22. The van der Waals surface area contributed by atoms with Crippen molar-refractivity contribution >= 4 is 11.9 Å². The molecule has 0 saturated carbocycles. The van der Waals surface area contributed by atoms with E-state index < -0.39 is 11.9 Å². The number of aromatic nitrogens is 1. The number of hydrogen-bond acceptors (Lipinski definition) is 3. The number of carboxylic acids is 1. The van der Waals surface area contributed by atoms with Gasteiger partial charge in [-0.1, -0.05) is 13.8 Å². The van der Waals surface area contributed by atoms with Gasteiger partial charge in [0.1, 0.15) is 0 Å². The molecule has 0 bridgehead atoms. The Hall–Kier alpha value is -1.91. The van der Waals surface area contributed by atoms with E-state index in [1.165, 1.54) is 0 Å². The molecule has 2 N–H and O–H groups in total. The largest absolute Gasteiger partial charge is 0.481 e. The highest BCUT2D eigenvalue weighted by Crippen LogP contribution is 2.11. The Morgan fingerprint density at radius 1 is 1.32 bits per heavy atom. The molecule has 0 aliphatic carbocycles. The van der Waals surface area contributed by atoms with Gasteiger partial charge in [0.05, 0.1) is 17.2 Å². The van der Waals surface area contributed by atoms with Gasteiger partial charge in [-0.25, -0.2) is 0 Å². The van der Waals surface area contributed by atoms with Gasteiger partial charge in [0, 0.05) is 12.2 Å². The summed E-state index contributed by atoms with van der Waals surface area (Å²) < 4.78 is 0. The number of carbonyl (C=O) groups excluding carboxylic acids is 1. The minimum absolute atomic E-state index is 0.0324. The number of carboxylic acid groups (broad SMARTS) is 1. The zero-order chi connectivity index (χ0) is 14.6.